The molecule has 4 heteroatoms. The van der Waals surface area contributed by atoms with Crippen molar-refractivity contribution >= 4 is 6.08 Å². The van der Waals surface area contributed by atoms with Crippen LogP contribution in [0.3, 0.4) is 0 Å². The second kappa shape index (κ2) is 5.79. The summed E-state index contributed by atoms with van der Waals surface area (Å²) in [7, 11) is 1.65. The summed E-state index contributed by atoms with van der Waals surface area (Å²) in [6.45, 7) is 0.208. The van der Waals surface area contributed by atoms with Gasteiger partial charge in [-0.15, -0.1) is 0 Å². The first kappa shape index (κ1) is 13.4. The molecule has 1 aliphatic rings. The highest BCUT2D eigenvalue weighted by Gasteiger charge is 2.16. The van der Waals surface area contributed by atoms with Crippen LogP contribution in [-0.2, 0) is 6.42 Å². The lowest BCUT2D eigenvalue weighted by Crippen LogP contribution is -1.92. The lowest BCUT2D eigenvalue weighted by Gasteiger charge is -2.04. The summed E-state index contributed by atoms with van der Waals surface area (Å²) in [4.78, 5) is 0. The Kier molecular flexibility index (Phi) is 3.69. The molecule has 0 unspecified atom stereocenters. The number of hydrogen-bond donors (Lipinski definition) is 1. The number of benzene rings is 2. The SMILES string of the molecule is COc1ccc(C=CCc2cc3c(cc2O)OCO3)cc1. The summed E-state index contributed by atoms with van der Waals surface area (Å²) < 4.78 is 15.6. The van der Waals surface area contributed by atoms with Crippen molar-refractivity contribution < 1.29 is 19.3 Å². The van der Waals surface area contributed by atoms with Gasteiger partial charge in [0.05, 0.1) is 7.11 Å². The van der Waals surface area contributed by atoms with Crippen LogP contribution in [0, 0.1) is 0 Å². The number of hydrogen-bond acceptors (Lipinski definition) is 4. The molecule has 2 aromatic carbocycles. The fourth-order valence-electron chi connectivity index (χ4n) is 2.17. The Morgan fingerprint density at radius 2 is 1.86 bits per heavy atom. The zero-order valence-electron chi connectivity index (χ0n) is 11.7. The van der Waals surface area contributed by atoms with Crippen LogP contribution in [0.5, 0.6) is 23.0 Å². The van der Waals surface area contributed by atoms with Crippen LogP contribution < -0.4 is 14.2 Å². The number of phenols is 1. The molecule has 0 aliphatic carbocycles. The van der Waals surface area contributed by atoms with E-state index in [1.165, 1.54) is 0 Å². The lowest BCUT2D eigenvalue weighted by atomic mass is 10.1. The van der Waals surface area contributed by atoms with E-state index in [2.05, 4.69) is 0 Å². The number of rotatable bonds is 4. The molecular weight excluding hydrogens is 268 g/mol. The van der Waals surface area contributed by atoms with Crippen LogP contribution in [0.25, 0.3) is 6.08 Å². The van der Waals surface area contributed by atoms with Gasteiger partial charge in [-0.1, -0.05) is 24.3 Å². The smallest absolute Gasteiger partial charge is 0.231 e. The molecule has 0 saturated heterocycles. The Balaban J connectivity index is 1.70. The summed E-state index contributed by atoms with van der Waals surface area (Å²) in [5.74, 6) is 2.33. The number of fused-ring (bicyclic) bond motifs is 1. The van der Waals surface area contributed by atoms with Crippen LogP contribution in [0.4, 0.5) is 0 Å². The average molecular weight is 284 g/mol. The molecule has 0 spiro atoms. The van der Waals surface area contributed by atoms with Crippen molar-refractivity contribution in [1.82, 2.24) is 0 Å². The first-order chi connectivity index (χ1) is 10.3. The van der Waals surface area contributed by atoms with Gasteiger partial charge in [0, 0.05) is 11.6 Å². The summed E-state index contributed by atoms with van der Waals surface area (Å²) in [6.07, 6.45) is 4.62. The predicted molar refractivity (Wildman–Crippen MR) is 80.0 cm³/mol. The number of methoxy groups -OCH3 is 1. The van der Waals surface area contributed by atoms with Gasteiger partial charge in [-0.05, 0) is 30.2 Å². The molecule has 0 saturated carbocycles. The van der Waals surface area contributed by atoms with E-state index in [4.69, 9.17) is 14.2 Å². The topological polar surface area (TPSA) is 47.9 Å². The molecule has 0 radical (unpaired) electrons. The Bertz CT molecular complexity index is 659. The normalized spacial score (nSPS) is 12.8. The van der Waals surface area contributed by atoms with E-state index in [9.17, 15) is 5.11 Å². The van der Waals surface area contributed by atoms with Gasteiger partial charge >= 0.3 is 0 Å². The van der Waals surface area contributed by atoms with Gasteiger partial charge in [-0.3, -0.25) is 0 Å². The van der Waals surface area contributed by atoms with Crippen LogP contribution in [-0.4, -0.2) is 19.0 Å². The molecule has 4 nitrogen and oxygen atoms in total. The fourth-order valence-corrected chi connectivity index (χ4v) is 2.17. The molecule has 1 N–H and O–H groups in total. The monoisotopic (exact) mass is 284 g/mol. The van der Waals surface area contributed by atoms with Gasteiger partial charge in [-0.2, -0.15) is 0 Å². The Morgan fingerprint density at radius 3 is 2.57 bits per heavy atom. The molecule has 0 aromatic heterocycles. The van der Waals surface area contributed by atoms with Crippen LogP contribution in [0.15, 0.2) is 42.5 Å². The Morgan fingerprint density at radius 1 is 1.14 bits per heavy atom. The van der Waals surface area contributed by atoms with Crippen molar-refractivity contribution in [2.75, 3.05) is 13.9 Å². The quantitative estimate of drug-likeness (QED) is 0.935. The van der Waals surface area contributed by atoms with E-state index in [0.29, 0.717) is 17.9 Å². The summed E-state index contributed by atoms with van der Waals surface area (Å²) >= 11 is 0. The minimum atomic E-state index is 0.208. The maximum Gasteiger partial charge on any atom is 0.231 e. The molecule has 2 aromatic rings. The minimum absolute atomic E-state index is 0.208. The zero-order valence-corrected chi connectivity index (χ0v) is 11.7. The van der Waals surface area contributed by atoms with Gasteiger partial charge in [0.1, 0.15) is 11.5 Å². The van der Waals surface area contributed by atoms with Crippen LogP contribution >= 0.6 is 0 Å². The molecule has 108 valence electrons. The molecule has 21 heavy (non-hydrogen) atoms. The number of ether oxygens (including phenoxy) is 3. The third-order valence-corrected chi connectivity index (χ3v) is 3.34. The Hall–Kier alpha value is -2.62. The van der Waals surface area contributed by atoms with Crippen molar-refractivity contribution in [1.29, 1.82) is 0 Å². The second-order valence-electron chi connectivity index (χ2n) is 4.71. The van der Waals surface area contributed by atoms with Crippen LogP contribution in [0.1, 0.15) is 11.1 Å². The summed E-state index contributed by atoms with van der Waals surface area (Å²) in [5, 5.41) is 9.95. The highest BCUT2D eigenvalue weighted by molar-refractivity contribution is 5.54. The van der Waals surface area contributed by atoms with Crippen molar-refractivity contribution in [2.45, 2.75) is 6.42 Å². The zero-order chi connectivity index (χ0) is 14.7. The van der Waals surface area contributed by atoms with E-state index in [0.717, 1.165) is 16.9 Å². The Labute approximate surface area is 123 Å². The predicted octanol–water partition coefficient (Wildman–Crippen LogP) is 3.39. The van der Waals surface area contributed by atoms with Crippen molar-refractivity contribution in [3.8, 4) is 23.0 Å². The van der Waals surface area contributed by atoms with E-state index in [1.54, 1.807) is 13.2 Å². The van der Waals surface area contributed by atoms with Gasteiger partial charge in [0.25, 0.3) is 0 Å². The average Bonchev–Trinajstić information content (AvgIpc) is 2.95. The minimum Gasteiger partial charge on any atom is -0.508 e. The first-order valence-corrected chi connectivity index (χ1v) is 6.68. The molecule has 0 bridgehead atoms. The maximum absolute atomic E-state index is 9.95. The van der Waals surface area contributed by atoms with Gasteiger partial charge in [0.2, 0.25) is 6.79 Å². The standard InChI is InChI=1S/C17H16O4/c1-19-14-7-5-12(6-8-14)3-2-4-13-9-16-17(10-15(13)18)21-11-20-16/h2-3,5-10,18H,4,11H2,1H3. The molecule has 0 atom stereocenters. The molecule has 1 heterocycles. The van der Waals surface area contributed by atoms with Crippen molar-refractivity contribution in [3.05, 3.63) is 53.6 Å². The first-order valence-electron chi connectivity index (χ1n) is 6.68. The molecule has 1 aliphatic heterocycles. The number of phenolic OH excluding ortho intramolecular Hbond substituents is 1. The molecule has 0 amide bonds. The molecule has 0 fully saturated rings. The number of allylic oxidation sites excluding steroid dienone is 1. The summed E-state index contributed by atoms with van der Waals surface area (Å²) in [6, 6.07) is 11.2. The third-order valence-electron chi connectivity index (χ3n) is 3.34. The van der Waals surface area contributed by atoms with Gasteiger partial charge in [0.15, 0.2) is 11.5 Å². The fraction of sp³-hybridized carbons (Fsp3) is 0.176. The van der Waals surface area contributed by atoms with Crippen molar-refractivity contribution in [3.63, 3.8) is 0 Å². The maximum atomic E-state index is 9.95. The largest absolute Gasteiger partial charge is 0.508 e. The molecule has 3 rings (SSSR count). The highest BCUT2D eigenvalue weighted by Crippen LogP contribution is 2.37. The highest BCUT2D eigenvalue weighted by atomic mass is 16.7. The lowest BCUT2D eigenvalue weighted by molar-refractivity contribution is 0.174. The van der Waals surface area contributed by atoms with Crippen LogP contribution in [0.2, 0.25) is 0 Å². The van der Waals surface area contributed by atoms with E-state index < -0.39 is 0 Å². The molecular formula is C17H16O4. The van der Waals surface area contributed by atoms with Gasteiger partial charge in [-0.25, -0.2) is 0 Å². The van der Waals surface area contributed by atoms with Gasteiger partial charge < -0.3 is 19.3 Å². The summed E-state index contributed by atoms with van der Waals surface area (Å²) in [5.41, 5.74) is 1.89. The second-order valence-corrected chi connectivity index (χ2v) is 4.71. The van der Waals surface area contributed by atoms with E-state index in [1.807, 2.05) is 42.5 Å². The number of aromatic hydroxyl groups is 1. The van der Waals surface area contributed by atoms with E-state index in [-0.39, 0.29) is 12.5 Å². The van der Waals surface area contributed by atoms with E-state index >= 15 is 0 Å². The van der Waals surface area contributed by atoms with Crippen molar-refractivity contribution in [2.24, 2.45) is 0 Å². The third kappa shape index (κ3) is 2.94.